The van der Waals surface area contributed by atoms with Crippen LogP contribution in [-0.4, -0.2) is 34.8 Å². The second-order valence-corrected chi connectivity index (χ2v) is 4.15. The van der Waals surface area contributed by atoms with Crippen molar-refractivity contribution in [2.24, 2.45) is 0 Å². The summed E-state index contributed by atoms with van der Waals surface area (Å²) < 4.78 is 42.5. The summed E-state index contributed by atoms with van der Waals surface area (Å²) in [4.78, 5) is 22.5. The van der Waals surface area contributed by atoms with Crippen molar-refractivity contribution in [3.63, 3.8) is 0 Å². The molecule has 1 aromatic rings. The highest BCUT2D eigenvalue weighted by Crippen LogP contribution is 2.27. The first kappa shape index (κ1) is 17.0. The number of halogens is 3. The molecule has 0 bridgehead atoms. The van der Waals surface area contributed by atoms with Crippen LogP contribution in [0.25, 0.3) is 0 Å². The van der Waals surface area contributed by atoms with Crippen molar-refractivity contribution in [3.05, 3.63) is 18.0 Å². The molecule has 118 valence electrons. The van der Waals surface area contributed by atoms with E-state index in [-0.39, 0.29) is 25.5 Å². The van der Waals surface area contributed by atoms with E-state index in [2.05, 4.69) is 10.4 Å². The van der Waals surface area contributed by atoms with E-state index in [1.54, 1.807) is 6.92 Å². The van der Waals surface area contributed by atoms with Gasteiger partial charge >= 0.3 is 12.1 Å². The molecule has 0 aliphatic carbocycles. The van der Waals surface area contributed by atoms with Crippen molar-refractivity contribution < 1.29 is 27.5 Å². The molecule has 0 spiro atoms. The average molecular weight is 307 g/mol. The predicted octanol–water partition coefficient (Wildman–Crippen LogP) is 1.36. The van der Waals surface area contributed by atoms with Gasteiger partial charge in [0, 0.05) is 19.2 Å². The molecule has 0 fully saturated rings. The number of carbonyl (C=O) groups is 2. The Morgan fingerprint density at radius 1 is 1.43 bits per heavy atom. The van der Waals surface area contributed by atoms with Gasteiger partial charge in [-0.1, -0.05) is 0 Å². The lowest BCUT2D eigenvalue weighted by molar-refractivity contribution is -0.143. The van der Waals surface area contributed by atoms with Gasteiger partial charge in [-0.25, -0.2) is 0 Å². The Bertz CT molecular complexity index is 486. The molecule has 1 aromatic heterocycles. The van der Waals surface area contributed by atoms with E-state index in [1.165, 1.54) is 0 Å². The minimum Gasteiger partial charge on any atom is -0.466 e. The highest BCUT2D eigenvalue weighted by atomic mass is 19.4. The summed E-state index contributed by atoms with van der Waals surface area (Å²) >= 11 is 0. The Hall–Kier alpha value is -2.06. The van der Waals surface area contributed by atoms with E-state index in [1.807, 2.05) is 0 Å². The lowest BCUT2D eigenvalue weighted by atomic mass is 10.3. The molecule has 0 saturated heterocycles. The number of hydrogen-bond donors (Lipinski definition) is 1. The lowest BCUT2D eigenvalue weighted by Gasteiger charge is -2.06. The zero-order valence-corrected chi connectivity index (χ0v) is 11.4. The van der Waals surface area contributed by atoms with Crippen molar-refractivity contribution in [1.82, 2.24) is 15.1 Å². The van der Waals surface area contributed by atoms with Crippen LogP contribution in [0.15, 0.2) is 12.3 Å². The van der Waals surface area contributed by atoms with Crippen molar-refractivity contribution in [2.75, 3.05) is 13.2 Å². The number of amides is 1. The van der Waals surface area contributed by atoms with Gasteiger partial charge < -0.3 is 10.1 Å². The van der Waals surface area contributed by atoms with Gasteiger partial charge in [0.2, 0.25) is 5.91 Å². The molecule has 1 N–H and O–H groups in total. The van der Waals surface area contributed by atoms with Gasteiger partial charge in [0.25, 0.3) is 0 Å². The quantitative estimate of drug-likeness (QED) is 0.610. The summed E-state index contributed by atoms with van der Waals surface area (Å²) in [6, 6.07) is 0.800. The molecule has 0 atom stereocenters. The predicted molar refractivity (Wildman–Crippen MR) is 66.1 cm³/mol. The number of nitrogens with zero attached hydrogens (tertiary/aromatic N) is 2. The Morgan fingerprint density at radius 3 is 2.71 bits per heavy atom. The van der Waals surface area contributed by atoms with E-state index in [0.717, 1.165) is 16.9 Å². The van der Waals surface area contributed by atoms with Crippen molar-refractivity contribution in [2.45, 2.75) is 32.5 Å². The molecule has 0 radical (unpaired) electrons. The molecule has 0 saturated carbocycles. The summed E-state index contributed by atoms with van der Waals surface area (Å²) in [5.74, 6) is -0.829. The number of carbonyl (C=O) groups excluding carboxylic acids is 2. The third kappa shape index (κ3) is 6.28. The number of aromatic nitrogens is 2. The van der Waals surface area contributed by atoms with Gasteiger partial charge in [0.05, 0.1) is 6.61 Å². The van der Waals surface area contributed by atoms with Gasteiger partial charge in [-0.05, 0) is 19.4 Å². The number of rotatable bonds is 7. The molecule has 6 nitrogen and oxygen atoms in total. The van der Waals surface area contributed by atoms with E-state index in [0.29, 0.717) is 13.0 Å². The van der Waals surface area contributed by atoms with Gasteiger partial charge in [0.15, 0.2) is 5.69 Å². The maximum Gasteiger partial charge on any atom is 0.435 e. The normalized spacial score (nSPS) is 11.2. The Balaban J connectivity index is 2.28. The number of ether oxygens (including phenoxy) is 1. The molecule has 0 aromatic carbocycles. The molecular weight excluding hydrogens is 291 g/mol. The molecule has 0 aliphatic heterocycles. The van der Waals surface area contributed by atoms with Crippen LogP contribution in [0.3, 0.4) is 0 Å². The fourth-order valence-corrected chi connectivity index (χ4v) is 1.50. The van der Waals surface area contributed by atoms with Crippen LogP contribution < -0.4 is 5.32 Å². The van der Waals surface area contributed by atoms with E-state index >= 15 is 0 Å². The number of nitrogens with one attached hydrogen (secondary N) is 1. The SMILES string of the molecule is CCOC(=O)CCCNC(=O)Cn1ccc(C(F)(F)F)n1. The first-order valence-electron chi connectivity index (χ1n) is 6.36. The molecule has 1 heterocycles. The second-order valence-electron chi connectivity index (χ2n) is 4.15. The van der Waals surface area contributed by atoms with Crippen molar-refractivity contribution in [3.8, 4) is 0 Å². The zero-order chi connectivity index (χ0) is 15.9. The van der Waals surface area contributed by atoms with Crippen LogP contribution in [0.4, 0.5) is 13.2 Å². The molecular formula is C12H16F3N3O3. The Kier molecular flexibility index (Phi) is 6.19. The van der Waals surface area contributed by atoms with E-state index in [4.69, 9.17) is 4.74 Å². The molecule has 0 aliphatic rings. The average Bonchev–Trinajstić information content (AvgIpc) is 2.83. The molecule has 21 heavy (non-hydrogen) atoms. The highest BCUT2D eigenvalue weighted by molar-refractivity contribution is 5.75. The zero-order valence-electron chi connectivity index (χ0n) is 11.4. The van der Waals surface area contributed by atoms with Crippen LogP contribution >= 0.6 is 0 Å². The lowest BCUT2D eigenvalue weighted by Crippen LogP contribution is -2.29. The summed E-state index contributed by atoms with van der Waals surface area (Å²) in [5, 5.41) is 5.75. The summed E-state index contributed by atoms with van der Waals surface area (Å²) in [6.07, 6.45) is -2.87. The molecule has 9 heteroatoms. The maximum absolute atomic E-state index is 12.3. The second kappa shape index (κ2) is 7.65. The number of alkyl halides is 3. The topological polar surface area (TPSA) is 73.2 Å². The third-order valence-electron chi connectivity index (χ3n) is 2.42. The van der Waals surface area contributed by atoms with Gasteiger partial charge in [-0.15, -0.1) is 0 Å². The van der Waals surface area contributed by atoms with Crippen LogP contribution in [-0.2, 0) is 27.0 Å². The van der Waals surface area contributed by atoms with Crippen LogP contribution in [0.5, 0.6) is 0 Å². The van der Waals surface area contributed by atoms with Crippen LogP contribution in [0, 0.1) is 0 Å². The van der Waals surface area contributed by atoms with Crippen molar-refractivity contribution in [1.29, 1.82) is 0 Å². The van der Waals surface area contributed by atoms with Crippen molar-refractivity contribution >= 4 is 11.9 Å². The molecule has 1 rings (SSSR count). The molecule has 1 amide bonds. The van der Waals surface area contributed by atoms with Gasteiger partial charge in [-0.2, -0.15) is 18.3 Å². The Morgan fingerprint density at radius 2 is 2.14 bits per heavy atom. The van der Waals surface area contributed by atoms with E-state index < -0.39 is 17.8 Å². The van der Waals surface area contributed by atoms with Gasteiger partial charge in [0.1, 0.15) is 6.54 Å². The minimum absolute atomic E-state index is 0.175. The summed E-state index contributed by atoms with van der Waals surface area (Å²) in [6.45, 7) is 1.92. The molecule has 0 unspecified atom stereocenters. The highest BCUT2D eigenvalue weighted by Gasteiger charge is 2.33. The Labute approximate surface area is 119 Å². The third-order valence-corrected chi connectivity index (χ3v) is 2.42. The fraction of sp³-hybridized carbons (Fsp3) is 0.583. The number of esters is 1. The first-order chi connectivity index (χ1) is 9.82. The standard InChI is InChI=1S/C12H16F3N3O3/c1-2-21-11(20)4-3-6-16-10(19)8-18-7-5-9(17-18)12(13,14)15/h5,7H,2-4,6,8H2,1H3,(H,16,19). The summed E-state index contributed by atoms with van der Waals surface area (Å²) in [5.41, 5.74) is -1.04. The largest absolute Gasteiger partial charge is 0.466 e. The van der Waals surface area contributed by atoms with Gasteiger partial charge in [-0.3, -0.25) is 14.3 Å². The van der Waals surface area contributed by atoms with Crippen LogP contribution in [0.2, 0.25) is 0 Å². The minimum atomic E-state index is -4.53. The fourth-order valence-electron chi connectivity index (χ4n) is 1.50. The summed E-state index contributed by atoms with van der Waals surface area (Å²) in [7, 11) is 0. The smallest absolute Gasteiger partial charge is 0.435 e. The number of hydrogen-bond acceptors (Lipinski definition) is 4. The van der Waals surface area contributed by atoms with E-state index in [9.17, 15) is 22.8 Å². The van der Waals surface area contributed by atoms with Crippen LogP contribution in [0.1, 0.15) is 25.5 Å². The first-order valence-corrected chi connectivity index (χ1v) is 6.36. The maximum atomic E-state index is 12.3. The monoisotopic (exact) mass is 307 g/mol.